The number of aryl methyl sites for hydroxylation is 1. The van der Waals surface area contributed by atoms with Gasteiger partial charge in [-0.2, -0.15) is 0 Å². The standard InChI is InChI=1S/C21H22ClF3N2O4/c1-12(2)20(29)27-19-10-14(9-13(3)26-19)17(28)5-4-8-30-18-7-6-15(11-16(18)22)31-21(23,24)25/h6-7,9-12H,4-5,8H2,1-3H3,(H,26,27,29). The van der Waals surface area contributed by atoms with E-state index >= 15 is 0 Å². The first-order valence-corrected chi connectivity index (χ1v) is 9.83. The fraction of sp³-hybridized carbons (Fsp3) is 0.381. The largest absolute Gasteiger partial charge is 0.573 e. The molecular formula is C21H22ClF3N2O4. The van der Waals surface area contributed by atoms with Gasteiger partial charge in [0.25, 0.3) is 0 Å². The Morgan fingerprint density at radius 1 is 1.19 bits per heavy atom. The molecule has 0 aliphatic heterocycles. The van der Waals surface area contributed by atoms with Crippen molar-refractivity contribution in [2.75, 3.05) is 11.9 Å². The Hall–Kier alpha value is -2.81. The van der Waals surface area contributed by atoms with Crippen molar-refractivity contribution in [2.45, 2.75) is 40.0 Å². The number of pyridine rings is 1. The van der Waals surface area contributed by atoms with E-state index in [-0.39, 0.29) is 41.4 Å². The van der Waals surface area contributed by atoms with Crippen LogP contribution in [-0.4, -0.2) is 29.6 Å². The van der Waals surface area contributed by atoms with Crippen LogP contribution in [0.5, 0.6) is 11.5 Å². The molecule has 1 N–H and O–H groups in total. The van der Waals surface area contributed by atoms with Crippen LogP contribution in [0.1, 0.15) is 42.7 Å². The van der Waals surface area contributed by atoms with E-state index in [1.165, 1.54) is 12.1 Å². The summed E-state index contributed by atoms with van der Waals surface area (Å²) in [7, 11) is 0. The zero-order valence-corrected chi connectivity index (χ0v) is 17.9. The van der Waals surface area contributed by atoms with Crippen molar-refractivity contribution < 1.29 is 32.2 Å². The number of anilines is 1. The number of alkyl halides is 3. The molecule has 168 valence electrons. The zero-order chi connectivity index (χ0) is 23.2. The summed E-state index contributed by atoms with van der Waals surface area (Å²) in [5.74, 6) is -0.538. The lowest BCUT2D eigenvalue weighted by Crippen LogP contribution is -2.19. The molecule has 31 heavy (non-hydrogen) atoms. The van der Waals surface area contributed by atoms with Crippen LogP contribution in [0.2, 0.25) is 5.02 Å². The summed E-state index contributed by atoms with van der Waals surface area (Å²) in [5.41, 5.74) is 1.01. The molecule has 0 atom stereocenters. The van der Waals surface area contributed by atoms with Crippen molar-refractivity contribution in [1.82, 2.24) is 4.98 Å². The maximum Gasteiger partial charge on any atom is 0.573 e. The topological polar surface area (TPSA) is 77.5 Å². The molecule has 10 heteroatoms. The Morgan fingerprint density at radius 2 is 1.90 bits per heavy atom. The predicted molar refractivity (Wildman–Crippen MR) is 110 cm³/mol. The highest BCUT2D eigenvalue weighted by Crippen LogP contribution is 2.31. The molecule has 6 nitrogen and oxygen atoms in total. The van der Waals surface area contributed by atoms with Gasteiger partial charge in [-0.05, 0) is 37.6 Å². The third kappa shape index (κ3) is 8.09. The van der Waals surface area contributed by atoms with E-state index in [2.05, 4.69) is 15.0 Å². The molecular weight excluding hydrogens is 437 g/mol. The van der Waals surface area contributed by atoms with E-state index < -0.39 is 12.1 Å². The smallest absolute Gasteiger partial charge is 0.492 e. The number of rotatable bonds is 9. The summed E-state index contributed by atoms with van der Waals surface area (Å²) >= 11 is 5.91. The van der Waals surface area contributed by atoms with Gasteiger partial charge in [-0.1, -0.05) is 25.4 Å². The summed E-state index contributed by atoms with van der Waals surface area (Å²) in [4.78, 5) is 28.5. The Kier molecular flexibility index (Phi) is 8.27. The third-order valence-electron chi connectivity index (χ3n) is 3.99. The molecule has 2 aromatic rings. The number of carbonyl (C=O) groups excluding carboxylic acids is 2. The fourth-order valence-corrected chi connectivity index (χ4v) is 2.74. The van der Waals surface area contributed by atoms with E-state index in [0.29, 0.717) is 23.5 Å². The summed E-state index contributed by atoms with van der Waals surface area (Å²) < 4.78 is 45.9. The Bertz CT molecular complexity index is 949. The summed E-state index contributed by atoms with van der Waals surface area (Å²) in [6, 6.07) is 6.51. The molecule has 0 fully saturated rings. The molecule has 1 heterocycles. The SMILES string of the molecule is Cc1cc(C(=O)CCCOc2ccc(OC(F)(F)F)cc2Cl)cc(NC(=O)C(C)C)n1. The minimum Gasteiger partial charge on any atom is -0.492 e. The van der Waals surface area contributed by atoms with Crippen LogP contribution in [0, 0.1) is 12.8 Å². The molecule has 1 aromatic carbocycles. The van der Waals surface area contributed by atoms with Crippen LogP contribution >= 0.6 is 11.6 Å². The number of hydrogen-bond donors (Lipinski definition) is 1. The molecule has 0 aliphatic carbocycles. The molecule has 0 unspecified atom stereocenters. The van der Waals surface area contributed by atoms with E-state index in [1.54, 1.807) is 26.8 Å². The minimum atomic E-state index is -4.81. The van der Waals surface area contributed by atoms with Gasteiger partial charge in [-0.25, -0.2) is 4.98 Å². The van der Waals surface area contributed by atoms with Crippen LogP contribution in [-0.2, 0) is 4.79 Å². The summed E-state index contributed by atoms with van der Waals surface area (Å²) in [5, 5.41) is 2.63. The van der Waals surface area contributed by atoms with Crippen molar-refractivity contribution in [3.8, 4) is 11.5 Å². The van der Waals surface area contributed by atoms with Crippen LogP contribution in [0.4, 0.5) is 19.0 Å². The number of aromatic nitrogens is 1. The van der Waals surface area contributed by atoms with Crippen molar-refractivity contribution in [1.29, 1.82) is 0 Å². The Labute approximate surface area is 182 Å². The lowest BCUT2D eigenvalue weighted by Gasteiger charge is -2.12. The molecule has 0 spiro atoms. The van der Waals surface area contributed by atoms with Crippen molar-refractivity contribution in [2.24, 2.45) is 5.92 Å². The lowest BCUT2D eigenvalue weighted by molar-refractivity contribution is -0.274. The van der Waals surface area contributed by atoms with Gasteiger partial charge in [0.1, 0.15) is 17.3 Å². The van der Waals surface area contributed by atoms with Crippen LogP contribution < -0.4 is 14.8 Å². The number of carbonyl (C=O) groups is 2. The summed E-state index contributed by atoms with van der Waals surface area (Å²) in [6.45, 7) is 5.35. The molecule has 1 amide bonds. The molecule has 0 radical (unpaired) electrons. The second-order valence-electron chi connectivity index (χ2n) is 7.04. The van der Waals surface area contributed by atoms with E-state index in [9.17, 15) is 22.8 Å². The number of benzene rings is 1. The van der Waals surface area contributed by atoms with E-state index in [0.717, 1.165) is 12.1 Å². The normalized spacial score (nSPS) is 11.4. The number of nitrogens with zero attached hydrogens (tertiary/aromatic N) is 1. The molecule has 0 bridgehead atoms. The molecule has 0 saturated carbocycles. The minimum absolute atomic E-state index is 0.0385. The molecule has 1 aromatic heterocycles. The van der Waals surface area contributed by atoms with Gasteiger partial charge in [0.05, 0.1) is 11.6 Å². The second kappa shape index (κ2) is 10.5. The van der Waals surface area contributed by atoms with Gasteiger partial charge in [-0.3, -0.25) is 9.59 Å². The van der Waals surface area contributed by atoms with Gasteiger partial charge in [0, 0.05) is 29.7 Å². The average molecular weight is 459 g/mol. The number of nitrogens with one attached hydrogen (secondary N) is 1. The number of hydrogen-bond acceptors (Lipinski definition) is 5. The van der Waals surface area contributed by atoms with E-state index in [1.807, 2.05) is 0 Å². The highest BCUT2D eigenvalue weighted by Gasteiger charge is 2.31. The number of ketones is 1. The average Bonchev–Trinajstić information content (AvgIpc) is 2.64. The second-order valence-corrected chi connectivity index (χ2v) is 7.45. The van der Waals surface area contributed by atoms with Gasteiger partial charge >= 0.3 is 6.36 Å². The quantitative estimate of drug-likeness (QED) is 0.392. The van der Waals surface area contributed by atoms with E-state index in [4.69, 9.17) is 16.3 Å². The first-order valence-electron chi connectivity index (χ1n) is 9.45. The highest BCUT2D eigenvalue weighted by molar-refractivity contribution is 6.32. The highest BCUT2D eigenvalue weighted by atomic mass is 35.5. The number of Topliss-reactive ketones (excluding diaryl/α,β-unsaturated/α-hetero) is 1. The number of amides is 1. The number of halogens is 4. The fourth-order valence-electron chi connectivity index (χ4n) is 2.52. The van der Waals surface area contributed by atoms with Gasteiger partial charge < -0.3 is 14.8 Å². The maximum atomic E-state index is 12.5. The van der Waals surface area contributed by atoms with Crippen molar-refractivity contribution >= 4 is 29.1 Å². The van der Waals surface area contributed by atoms with Crippen LogP contribution in [0.25, 0.3) is 0 Å². The predicted octanol–water partition coefficient (Wildman–Crippen LogP) is 5.58. The molecule has 0 saturated heterocycles. The third-order valence-corrected chi connectivity index (χ3v) is 4.29. The molecule has 0 aliphatic rings. The maximum absolute atomic E-state index is 12.5. The zero-order valence-electron chi connectivity index (χ0n) is 17.2. The van der Waals surface area contributed by atoms with Gasteiger partial charge in [0.2, 0.25) is 5.91 Å². The number of ether oxygens (including phenoxy) is 2. The van der Waals surface area contributed by atoms with Gasteiger partial charge in [-0.15, -0.1) is 13.2 Å². The van der Waals surface area contributed by atoms with Crippen LogP contribution in [0.15, 0.2) is 30.3 Å². The Morgan fingerprint density at radius 3 is 2.52 bits per heavy atom. The lowest BCUT2D eigenvalue weighted by atomic mass is 10.1. The summed E-state index contributed by atoms with van der Waals surface area (Å²) in [6.07, 6.45) is -4.30. The first-order chi connectivity index (χ1) is 14.4. The Balaban J connectivity index is 1.90. The van der Waals surface area contributed by atoms with Crippen molar-refractivity contribution in [3.05, 3.63) is 46.6 Å². The van der Waals surface area contributed by atoms with Gasteiger partial charge in [0.15, 0.2) is 5.78 Å². The monoisotopic (exact) mass is 458 g/mol. The van der Waals surface area contributed by atoms with Crippen molar-refractivity contribution in [3.63, 3.8) is 0 Å². The van der Waals surface area contributed by atoms with Crippen LogP contribution in [0.3, 0.4) is 0 Å². The molecule has 2 rings (SSSR count). The first kappa shape index (κ1) is 24.5.